The first-order chi connectivity index (χ1) is 12.0. The lowest BCUT2D eigenvalue weighted by Crippen LogP contribution is -2.44. The fourth-order valence-electron chi connectivity index (χ4n) is 3.72. The second kappa shape index (κ2) is 8.15. The summed E-state index contributed by atoms with van der Waals surface area (Å²) in [4.78, 5) is 19.9. The summed E-state index contributed by atoms with van der Waals surface area (Å²) in [6.45, 7) is 8.62. The van der Waals surface area contributed by atoms with Gasteiger partial charge in [0, 0.05) is 38.4 Å². The molecule has 6 nitrogen and oxygen atoms in total. The average molecular weight is 347 g/mol. The number of likely N-dealkylation sites (tertiary alicyclic amines) is 1. The van der Waals surface area contributed by atoms with Crippen molar-refractivity contribution in [1.82, 2.24) is 9.88 Å². The van der Waals surface area contributed by atoms with Gasteiger partial charge in [0.1, 0.15) is 5.82 Å². The number of carbonyl (C=O) groups is 1. The molecule has 0 unspecified atom stereocenters. The van der Waals surface area contributed by atoms with Crippen molar-refractivity contribution >= 4 is 11.8 Å². The third kappa shape index (κ3) is 4.70. The standard InChI is InChI=1S/C19H29N3O3/c1-14(2)21-9-5-16(6-10-21)25-17-7-11-22(12-8-17)18-4-3-15(13-20-18)19(23)24/h3-4,13-14,16-17H,5-12H2,1-2H3,(H,23,24). The molecule has 138 valence electrons. The summed E-state index contributed by atoms with van der Waals surface area (Å²) < 4.78 is 6.34. The second-order valence-corrected chi connectivity index (χ2v) is 7.36. The van der Waals surface area contributed by atoms with Gasteiger partial charge in [-0.2, -0.15) is 0 Å². The molecule has 1 aromatic rings. The quantitative estimate of drug-likeness (QED) is 0.883. The van der Waals surface area contributed by atoms with E-state index in [4.69, 9.17) is 9.84 Å². The lowest BCUT2D eigenvalue weighted by Gasteiger charge is -2.38. The van der Waals surface area contributed by atoms with E-state index in [-0.39, 0.29) is 5.56 Å². The van der Waals surface area contributed by atoms with Crippen LogP contribution in [0, 0.1) is 0 Å². The Morgan fingerprint density at radius 2 is 1.72 bits per heavy atom. The van der Waals surface area contributed by atoms with E-state index in [9.17, 15) is 4.79 Å². The highest BCUT2D eigenvalue weighted by atomic mass is 16.5. The van der Waals surface area contributed by atoms with Crippen LogP contribution in [0.5, 0.6) is 0 Å². The maximum atomic E-state index is 10.9. The summed E-state index contributed by atoms with van der Waals surface area (Å²) in [6.07, 6.45) is 6.46. The van der Waals surface area contributed by atoms with Crippen molar-refractivity contribution in [3.05, 3.63) is 23.9 Å². The second-order valence-electron chi connectivity index (χ2n) is 7.36. The van der Waals surface area contributed by atoms with Gasteiger partial charge in [-0.3, -0.25) is 0 Å². The first-order valence-electron chi connectivity index (χ1n) is 9.36. The highest BCUT2D eigenvalue weighted by Gasteiger charge is 2.26. The molecule has 0 aromatic carbocycles. The number of nitrogens with zero attached hydrogens (tertiary/aromatic N) is 3. The molecule has 0 amide bonds. The number of anilines is 1. The highest BCUT2D eigenvalue weighted by molar-refractivity contribution is 5.87. The van der Waals surface area contributed by atoms with Crippen LogP contribution in [0.2, 0.25) is 0 Å². The number of ether oxygens (including phenoxy) is 1. The Bertz CT molecular complexity index is 560. The minimum Gasteiger partial charge on any atom is -0.478 e. The lowest BCUT2D eigenvalue weighted by atomic mass is 10.0. The molecule has 0 aliphatic carbocycles. The van der Waals surface area contributed by atoms with E-state index in [2.05, 4.69) is 28.6 Å². The predicted octanol–water partition coefficient (Wildman–Crippen LogP) is 2.64. The molecule has 1 aromatic heterocycles. The van der Waals surface area contributed by atoms with Crippen LogP contribution >= 0.6 is 0 Å². The Morgan fingerprint density at radius 1 is 1.12 bits per heavy atom. The lowest BCUT2D eigenvalue weighted by molar-refractivity contribution is -0.0540. The number of rotatable bonds is 5. The first kappa shape index (κ1) is 18.1. The van der Waals surface area contributed by atoms with E-state index in [0.29, 0.717) is 18.2 Å². The third-order valence-electron chi connectivity index (χ3n) is 5.35. The molecule has 2 aliphatic heterocycles. The van der Waals surface area contributed by atoms with Crippen LogP contribution in [0.1, 0.15) is 49.9 Å². The minimum atomic E-state index is -0.935. The topological polar surface area (TPSA) is 65.9 Å². The van der Waals surface area contributed by atoms with Gasteiger partial charge in [-0.25, -0.2) is 9.78 Å². The Balaban J connectivity index is 1.44. The molecule has 0 radical (unpaired) electrons. The molecule has 2 fully saturated rings. The van der Waals surface area contributed by atoms with Crippen molar-refractivity contribution in [3.8, 4) is 0 Å². The first-order valence-corrected chi connectivity index (χ1v) is 9.36. The molecule has 0 atom stereocenters. The van der Waals surface area contributed by atoms with Crippen LogP contribution < -0.4 is 4.90 Å². The molecule has 6 heteroatoms. The van der Waals surface area contributed by atoms with Crippen molar-refractivity contribution < 1.29 is 14.6 Å². The zero-order valence-electron chi connectivity index (χ0n) is 15.2. The van der Waals surface area contributed by atoms with Crippen LogP contribution in [0.25, 0.3) is 0 Å². The average Bonchev–Trinajstić information content (AvgIpc) is 2.63. The molecule has 3 rings (SSSR count). The van der Waals surface area contributed by atoms with Gasteiger partial charge >= 0.3 is 5.97 Å². The van der Waals surface area contributed by atoms with Crippen molar-refractivity contribution in [1.29, 1.82) is 0 Å². The van der Waals surface area contributed by atoms with Gasteiger partial charge < -0.3 is 19.6 Å². The van der Waals surface area contributed by atoms with Crippen molar-refractivity contribution in [2.75, 3.05) is 31.1 Å². The predicted molar refractivity (Wildman–Crippen MR) is 97.2 cm³/mol. The third-order valence-corrected chi connectivity index (χ3v) is 5.35. The molecule has 0 bridgehead atoms. The zero-order chi connectivity index (χ0) is 17.8. The summed E-state index contributed by atoms with van der Waals surface area (Å²) in [5.41, 5.74) is 0.231. The van der Waals surface area contributed by atoms with Crippen LogP contribution in [0.4, 0.5) is 5.82 Å². The molecule has 25 heavy (non-hydrogen) atoms. The van der Waals surface area contributed by atoms with E-state index in [1.54, 1.807) is 12.1 Å². The maximum Gasteiger partial charge on any atom is 0.337 e. The van der Waals surface area contributed by atoms with E-state index in [0.717, 1.165) is 57.7 Å². The number of aromatic nitrogens is 1. The molecule has 3 heterocycles. The Hall–Kier alpha value is -1.66. The number of aromatic carboxylic acids is 1. The molecule has 2 saturated heterocycles. The Morgan fingerprint density at radius 3 is 2.20 bits per heavy atom. The molecular weight excluding hydrogens is 318 g/mol. The van der Waals surface area contributed by atoms with Crippen molar-refractivity contribution in [2.24, 2.45) is 0 Å². The zero-order valence-corrected chi connectivity index (χ0v) is 15.2. The van der Waals surface area contributed by atoms with Gasteiger partial charge in [-0.05, 0) is 51.7 Å². The summed E-state index contributed by atoms with van der Waals surface area (Å²) in [5, 5.41) is 8.95. The largest absolute Gasteiger partial charge is 0.478 e. The fourth-order valence-corrected chi connectivity index (χ4v) is 3.72. The number of carboxylic acid groups (broad SMARTS) is 1. The smallest absolute Gasteiger partial charge is 0.337 e. The van der Waals surface area contributed by atoms with Crippen LogP contribution in [0.3, 0.4) is 0 Å². The van der Waals surface area contributed by atoms with Gasteiger partial charge in [0.25, 0.3) is 0 Å². The molecule has 2 aliphatic rings. The minimum absolute atomic E-state index is 0.231. The Kier molecular flexibility index (Phi) is 5.91. The number of piperidine rings is 2. The van der Waals surface area contributed by atoms with Gasteiger partial charge in [-0.1, -0.05) is 0 Å². The molecule has 0 saturated carbocycles. The number of carboxylic acids is 1. The van der Waals surface area contributed by atoms with Gasteiger partial charge in [0.05, 0.1) is 17.8 Å². The molecular formula is C19H29N3O3. The summed E-state index contributed by atoms with van der Waals surface area (Å²) in [5.74, 6) is -0.0802. The van der Waals surface area contributed by atoms with E-state index < -0.39 is 5.97 Å². The number of hydrogen-bond donors (Lipinski definition) is 1. The van der Waals surface area contributed by atoms with Crippen LogP contribution in [0.15, 0.2) is 18.3 Å². The SMILES string of the molecule is CC(C)N1CCC(OC2CCN(c3ccc(C(=O)O)cn3)CC2)CC1. The molecule has 1 N–H and O–H groups in total. The van der Waals surface area contributed by atoms with Crippen LogP contribution in [-0.4, -0.2) is 65.4 Å². The van der Waals surface area contributed by atoms with Gasteiger partial charge in [0.15, 0.2) is 0 Å². The summed E-state index contributed by atoms with van der Waals surface area (Å²) in [7, 11) is 0. The number of pyridine rings is 1. The van der Waals surface area contributed by atoms with E-state index in [1.165, 1.54) is 6.20 Å². The van der Waals surface area contributed by atoms with Crippen molar-refractivity contribution in [3.63, 3.8) is 0 Å². The van der Waals surface area contributed by atoms with Crippen molar-refractivity contribution in [2.45, 2.75) is 57.8 Å². The fraction of sp³-hybridized carbons (Fsp3) is 0.684. The Labute approximate surface area is 149 Å². The van der Waals surface area contributed by atoms with Crippen LogP contribution in [-0.2, 0) is 4.74 Å². The normalized spacial score (nSPS) is 21.0. The molecule has 0 spiro atoms. The highest BCUT2D eigenvalue weighted by Crippen LogP contribution is 2.24. The van der Waals surface area contributed by atoms with Gasteiger partial charge in [0.2, 0.25) is 0 Å². The maximum absolute atomic E-state index is 10.9. The summed E-state index contributed by atoms with van der Waals surface area (Å²) >= 11 is 0. The van der Waals surface area contributed by atoms with E-state index in [1.807, 2.05) is 0 Å². The monoisotopic (exact) mass is 347 g/mol. The van der Waals surface area contributed by atoms with Gasteiger partial charge in [-0.15, -0.1) is 0 Å². The summed E-state index contributed by atoms with van der Waals surface area (Å²) in [6, 6.07) is 4.05. The number of hydrogen-bond acceptors (Lipinski definition) is 5. The van der Waals surface area contributed by atoms with E-state index >= 15 is 0 Å².